The van der Waals surface area contributed by atoms with E-state index in [1.54, 1.807) is 0 Å². The van der Waals surface area contributed by atoms with Crippen molar-refractivity contribution in [1.29, 1.82) is 0 Å². The van der Waals surface area contributed by atoms with E-state index >= 15 is 0 Å². The lowest BCUT2D eigenvalue weighted by molar-refractivity contribution is 0.546. The molecule has 0 bridgehead atoms. The lowest BCUT2D eigenvalue weighted by Gasteiger charge is -2.04. The largest absolute Gasteiger partial charge is 0.460 e. The summed E-state index contributed by atoms with van der Waals surface area (Å²) < 4.78 is 5.61. The molecular formula is C15H13NO. The summed E-state index contributed by atoms with van der Waals surface area (Å²) in [4.78, 5) is 4.63. The van der Waals surface area contributed by atoms with E-state index in [-0.39, 0.29) is 0 Å². The topological polar surface area (TPSA) is 26.0 Å². The highest BCUT2D eigenvalue weighted by atomic mass is 16.3. The Kier molecular flexibility index (Phi) is 2.22. The number of aromatic nitrogens is 1. The lowest BCUT2D eigenvalue weighted by Crippen LogP contribution is -1.87. The van der Waals surface area contributed by atoms with Crippen LogP contribution < -0.4 is 0 Å². The van der Waals surface area contributed by atoms with Crippen molar-refractivity contribution in [3.8, 4) is 11.5 Å². The lowest BCUT2D eigenvalue weighted by atomic mass is 10.1. The minimum Gasteiger partial charge on any atom is -0.460 e. The van der Waals surface area contributed by atoms with Crippen molar-refractivity contribution in [3.05, 3.63) is 53.8 Å². The molecule has 0 unspecified atom stereocenters. The van der Waals surface area contributed by atoms with E-state index < -0.39 is 0 Å². The van der Waals surface area contributed by atoms with Crippen LogP contribution in [0.4, 0.5) is 0 Å². The summed E-state index contributed by atoms with van der Waals surface area (Å²) in [5.74, 6) is 1.74. The highest BCUT2D eigenvalue weighted by Gasteiger charge is 2.07. The molecule has 3 aromatic rings. The first-order valence-corrected chi connectivity index (χ1v) is 5.67. The normalized spacial score (nSPS) is 10.9. The van der Waals surface area contributed by atoms with Gasteiger partial charge in [-0.05, 0) is 43.7 Å². The zero-order chi connectivity index (χ0) is 11.8. The van der Waals surface area contributed by atoms with Gasteiger partial charge in [-0.3, -0.25) is 0 Å². The standard InChI is InChI=1S/C15H13NO/c1-10-9-14(15-8-7-11(2)17-15)16-13-6-4-3-5-12(10)13/h3-9H,1-2H3. The molecule has 0 N–H and O–H groups in total. The minimum atomic E-state index is 0.830. The van der Waals surface area contributed by atoms with Gasteiger partial charge in [0.25, 0.3) is 0 Å². The van der Waals surface area contributed by atoms with Gasteiger partial charge in [-0.2, -0.15) is 0 Å². The Morgan fingerprint density at radius 2 is 1.82 bits per heavy atom. The number of para-hydroxylation sites is 1. The third-order valence-electron chi connectivity index (χ3n) is 2.92. The van der Waals surface area contributed by atoms with Gasteiger partial charge >= 0.3 is 0 Å². The first-order chi connectivity index (χ1) is 8.24. The number of rotatable bonds is 1. The third-order valence-corrected chi connectivity index (χ3v) is 2.92. The van der Waals surface area contributed by atoms with Crippen LogP contribution in [0.3, 0.4) is 0 Å². The Labute approximate surface area is 99.9 Å². The van der Waals surface area contributed by atoms with Gasteiger partial charge in [-0.15, -0.1) is 0 Å². The number of benzene rings is 1. The summed E-state index contributed by atoms with van der Waals surface area (Å²) >= 11 is 0. The maximum absolute atomic E-state index is 5.61. The molecule has 0 atom stereocenters. The molecule has 0 amide bonds. The molecule has 0 saturated carbocycles. The number of nitrogens with zero attached hydrogens (tertiary/aromatic N) is 1. The van der Waals surface area contributed by atoms with Crippen LogP contribution >= 0.6 is 0 Å². The average molecular weight is 223 g/mol. The molecule has 3 rings (SSSR count). The summed E-state index contributed by atoms with van der Waals surface area (Å²) in [7, 11) is 0. The summed E-state index contributed by atoms with van der Waals surface area (Å²) in [5, 5.41) is 1.19. The molecular weight excluding hydrogens is 210 g/mol. The Hall–Kier alpha value is -2.09. The van der Waals surface area contributed by atoms with Crippen LogP contribution in [0.5, 0.6) is 0 Å². The van der Waals surface area contributed by atoms with E-state index in [4.69, 9.17) is 4.42 Å². The molecule has 2 heteroatoms. The maximum atomic E-state index is 5.61. The predicted octanol–water partition coefficient (Wildman–Crippen LogP) is 4.11. The number of fused-ring (bicyclic) bond motifs is 1. The quantitative estimate of drug-likeness (QED) is 0.620. The predicted molar refractivity (Wildman–Crippen MR) is 68.9 cm³/mol. The average Bonchev–Trinajstić information content (AvgIpc) is 2.76. The highest BCUT2D eigenvalue weighted by molar-refractivity contribution is 5.84. The Bertz CT molecular complexity index is 682. The van der Waals surface area contributed by atoms with Gasteiger partial charge in [0.2, 0.25) is 0 Å². The summed E-state index contributed by atoms with van der Waals surface area (Å²) in [5.41, 5.74) is 3.13. The molecule has 2 heterocycles. The Morgan fingerprint density at radius 1 is 1.00 bits per heavy atom. The Balaban J connectivity index is 2.25. The second-order valence-corrected chi connectivity index (χ2v) is 4.25. The monoisotopic (exact) mass is 223 g/mol. The fourth-order valence-corrected chi connectivity index (χ4v) is 2.05. The van der Waals surface area contributed by atoms with Crippen LogP contribution in [0, 0.1) is 13.8 Å². The van der Waals surface area contributed by atoms with Gasteiger partial charge in [0, 0.05) is 5.39 Å². The van der Waals surface area contributed by atoms with Crippen molar-refractivity contribution in [3.63, 3.8) is 0 Å². The van der Waals surface area contributed by atoms with Gasteiger partial charge in [0.15, 0.2) is 5.76 Å². The SMILES string of the molecule is Cc1ccc(-c2cc(C)c3ccccc3n2)o1. The molecule has 0 aliphatic carbocycles. The smallest absolute Gasteiger partial charge is 0.152 e. The zero-order valence-corrected chi connectivity index (χ0v) is 9.90. The second-order valence-electron chi connectivity index (χ2n) is 4.25. The first kappa shape index (κ1) is 10.1. The number of pyridine rings is 1. The first-order valence-electron chi connectivity index (χ1n) is 5.67. The second kappa shape index (κ2) is 3.74. The Morgan fingerprint density at radius 3 is 2.59 bits per heavy atom. The van der Waals surface area contributed by atoms with Crippen molar-refractivity contribution in [2.24, 2.45) is 0 Å². The van der Waals surface area contributed by atoms with Crippen molar-refractivity contribution >= 4 is 10.9 Å². The van der Waals surface area contributed by atoms with Crippen LogP contribution in [-0.4, -0.2) is 4.98 Å². The van der Waals surface area contributed by atoms with Gasteiger partial charge < -0.3 is 4.42 Å². The van der Waals surface area contributed by atoms with Crippen molar-refractivity contribution in [1.82, 2.24) is 4.98 Å². The van der Waals surface area contributed by atoms with Crippen molar-refractivity contribution in [2.75, 3.05) is 0 Å². The van der Waals surface area contributed by atoms with Gasteiger partial charge in [0.05, 0.1) is 5.52 Å². The minimum absolute atomic E-state index is 0.830. The van der Waals surface area contributed by atoms with Gasteiger partial charge in [0.1, 0.15) is 11.5 Å². The fraction of sp³-hybridized carbons (Fsp3) is 0.133. The molecule has 0 spiro atoms. The molecule has 0 aliphatic rings. The van der Waals surface area contributed by atoms with Gasteiger partial charge in [-0.1, -0.05) is 18.2 Å². The van der Waals surface area contributed by atoms with Gasteiger partial charge in [-0.25, -0.2) is 4.98 Å². The van der Waals surface area contributed by atoms with Crippen molar-refractivity contribution < 1.29 is 4.42 Å². The van der Waals surface area contributed by atoms with E-state index in [0.717, 1.165) is 22.7 Å². The molecule has 84 valence electrons. The number of hydrogen-bond donors (Lipinski definition) is 0. The third kappa shape index (κ3) is 1.72. The van der Waals surface area contributed by atoms with Crippen LogP contribution in [0.1, 0.15) is 11.3 Å². The maximum Gasteiger partial charge on any atom is 0.152 e. The van der Waals surface area contributed by atoms with E-state index in [0.29, 0.717) is 0 Å². The summed E-state index contributed by atoms with van der Waals surface area (Å²) in [6, 6.07) is 14.2. The molecule has 0 aliphatic heterocycles. The van der Waals surface area contributed by atoms with Crippen molar-refractivity contribution in [2.45, 2.75) is 13.8 Å². The number of aryl methyl sites for hydroxylation is 2. The molecule has 0 fully saturated rings. The van der Waals surface area contributed by atoms with E-state index in [2.05, 4.69) is 24.0 Å². The molecule has 1 aromatic carbocycles. The van der Waals surface area contributed by atoms with Crippen LogP contribution in [0.15, 0.2) is 46.9 Å². The summed E-state index contributed by atoms with van der Waals surface area (Å²) in [6.45, 7) is 4.04. The highest BCUT2D eigenvalue weighted by Crippen LogP contribution is 2.25. The van der Waals surface area contributed by atoms with Crippen LogP contribution in [0.2, 0.25) is 0 Å². The van der Waals surface area contributed by atoms with E-state index in [9.17, 15) is 0 Å². The zero-order valence-electron chi connectivity index (χ0n) is 9.90. The summed E-state index contributed by atoms with van der Waals surface area (Å²) in [6.07, 6.45) is 0. The van der Waals surface area contributed by atoms with Crippen LogP contribution in [0.25, 0.3) is 22.4 Å². The molecule has 0 radical (unpaired) electrons. The molecule has 2 nitrogen and oxygen atoms in total. The molecule has 2 aromatic heterocycles. The molecule has 17 heavy (non-hydrogen) atoms. The van der Waals surface area contributed by atoms with E-state index in [1.807, 2.05) is 37.3 Å². The van der Waals surface area contributed by atoms with E-state index in [1.165, 1.54) is 10.9 Å². The molecule has 0 saturated heterocycles. The fourth-order valence-electron chi connectivity index (χ4n) is 2.05. The number of hydrogen-bond acceptors (Lipinski definition) is 2. The number of furan rings is 1. The van der Waals surface area contributed by atoms with Crippen LogP contribution in [-0.2, 0) is 0 Å².